The van der Waals surface area contributed by atoms with Crippen molar-refractivity contribution in [2.24, 2.45) is 0 Å². The quantitative estimate of drug-likeness (QED) is 0.441. The summed E-state index contributed by atoms with van der Waals surface area (Å²) in [5.41, 5.74) is 5.37. The van der Waals surface area contributed by atoms with Crippen LogP contribution in [0.15, 0.2) is 79.0 Å². The second-order valence-corrected chi connectivity index (χ2v) is 5.97. The highest BCUT2D eigenvalue weighted by Gasteiger charge is 2.07. The number of pyridine rings is 1. The average Bonchev–Trinajstić information content (AvgIpc) is 2.62. The summed E-state index contributed by atoms with van der Waals surface area (Å²) in [6.45, 7) is 2.08. The van der Waals surface area contributed by atoms with Crippen LogP contribution in [0.4, 0.5) is 4.39 Å². The molecule has 0 radical (unpaired) electrons. The van der Waals surface area contributed by atoms with Crippen molar-refractivity contribution in [1.29, 1.82) is 0 Å². The summed E-state index contributed by atoms with van der Waals surface area (Å²) in [5, 5.41) is 2.20. The van der Waals surface area contributed by atoms with Crippen molar-refractivity contribution in [3.05, 3.63) is 90.4 Å². The molecule has 1 nitrogen and oxygen atoms in total. The van der Waals surface area contributed by atoms with E-state index in [0.717, 1.165) is 27.6 Å². The van der Waals surface area contributed by atoms with E-state index in [2.05, 4.69) is 54.4 Å². The monoisotopic (exact) mass is 313 g/mol. The second-order valence-electron chi connectivity index (χ2n) is 5.97. The molecule has 0 unspecified atom stereocenters. The molecule has 4 aromatic rings. The van der Waals surface area contributed by atoms with Gasteiger partial charge in [0.25, 0.3) is 0 Å². The minimum Gasteiger partial charge on any atom is -0.256 e. The van der Waals surface area contributed by atoms with Gasteiger partial charge in [-0.15, -0.1) is 0 Å². The van der Waals surface area contributed by atoms with Gasteiger partial charge in [0, 0.05) is 17.1 Å². The summed E-state index contributed by atoms with van der Waals surface area (Å²) in [6.07, 6.45) is 1.80. The highest BCUT2D eigenvalue weighted by Crippen LogP contribution is 2.30. The van der Waals surface area contributed by atoms with Crippen LogP contribution in [0, 0.1) is 12.7 Å². The SMILES string of the molecule is Cc1ccc(-c2ccc3ccnc(-c4ccc(F)cc4)c3c2)cc1. The normalized spacial score (nSPS) is 10.9. The van der Waals surface area contributed by atoms with E-state index in [4.69, 9.17) is 0 Å². The lowest BCUT2D eigenvalue weighted by molar-refractivity contribution is 0.628. The van der Waals surface area contributed by atoms with Crippen LogP contribution in [0.5, 0.6) is 0 Å². The first-order valence-electron chi connectivity index (χ1n) is 7.92. The molecule has 1 aromatic heterocycles. The molecule has 0 spiro atoms. The topological polar surface area (TPSA) is 12.9 Å². The van der Waals surface area contributed by atoms with E-state index in [9.17, 15) is 4.39 Å². The summed E-state index contributed by atoms with van der Waals surface area (Å²) >= 11 is 0. The van der Waals surface area contributed by atoms with Gasteiger partial charge in [-0.2, -0.15) is 0 Å². The van der Waals surface area contributed by atoms with Crippen molar-refractivity contribution in [1.82, 2.24) is 4.98 Å². The molecule has 0 amide bonds. The van der Waals surface area contributed by atoms with Crippen LogP contribution in [0.2, 0.25) is 0 Å². The highest BCUT2D eigenvalue weighted by atomic mass is 19.1. The molecule has 0 atom stereocenters. The Hall–Kier alpha value is -3.00. The lowest BCUT2D eigenvalue weighted by Crippen LogP contribution is -1.88. The minimum absolute atomic E-state index is 0.237. The Morgan fingerprint density at radius 1 is 0.708 bits per heavy atom. The van der Waals surface area contributed by atoms with Crippen molar-refractivity contribution < 1.29 is 4.39 Å². The summed E-state index contributed by atoms with van der Waals surface area (Å²) in [4.78, 5) is 4.53. The largest absolute Gasteiger partial charge is 0.256 e. The standard InChI is InChI=1S/C22H16FN/c1-15-2-4-16(5-3-15)19-7-6-17-12-13-24-22(21(17)14-19)18-8-10-20(23)11-9-18/h2-14H,1H3. The van der Waals surface area contributed by atoms with E-state index in [1.165, 1.54) is 23.3 Å². The van der Waals surface area contributed by atoms with Crippen LogP contribution in [-0.4, -0.2) is 4.98 Å². The molecular formula is C22H16FN. The molecule has 0 aliphatic carbocycles. The maximum absolute atomic E-state index is 13.2. The van der Waals surface area contributed by atoms with Gasteiger partial charge in [-0.1, -0.05) is 42.0 Å². The lowest BCUT2D eigenvalue weighted by atomic mass is 9.98. The van der Waals surface area contributed by atoms with Gasteiger partial charge < -0.3 is 0 Å². The number of aromatic nitrogens is 1. The molecule has 3 aromatic carbocycles. The average molecular weight is 313 g/mol. The molecule has 0 aliphatic rings. The van der Waals surface area contributed by atoms with Crippen molar-refractivity contribution in [3.63, 3.8) is 0 Å². The number of benzene rings is 3. The number of hydrogen-bond acceptors (Lipinski definition) is 1. The van der Waals surface area contributed by atoms with Gasteiger partial charge in [-0.05, 0) is 59.8 Å². The lowest BCUT2D eigenvalue weighted by Gasteiger charge is -2.09. The first-order valence-corrected chi connectivity index (χ1v) is 7.92. The molecule has 0 aliphatic heterocycles. The zero-order chi connectivity index (χ0) is 16.5. The fourth-order valence-electron chi connectivity index (χ4n) is 2.93. The Kier molecular flexibility index (Phi) is 3.58. The molecular weight excluding hydrogens is 297 g/mol. The van der Waals surface area contributed by atoms with Gasteiger partial charge in [0.2, 0.25) is 0 Å². The molecule has 4 rings (SSSR count). The number of rotatable bonds is 2. The third kappa shape index (κ3) is 2.67. The maximum Gasteiger partial charge on any atom is 0.123 e. The Bertz CT molecular complexity index is 1000. The van der Waals surface area contributed by atoms with Crippen molar-refractivity contribution >= 4 is 10.8 Å². The second kappa shape index (κ2) is 5.89. The van der Waals surface area contributed by atoms with Crippen LogP contribution in [0.1, 0.15) is 5.56 Å². The van der Waals surface area contributed by atoms with Crippen LogP contribution in [0.25, 0.3) is 33.2 Å². The molecule has 0 fully saturated rings. The van der Waals surface area contributed by atoms with Gasteiger partial charge in [-0.3, -0.25) is 4.98 Å². The van der Waals surface area contributed by atoms with Crippen LogP contribution >= 0.6 is 0 Å². The predicted octanol–water partition coefficient (Wildman–Crippen LogP) is 6.02. The molecule has 0 saturated carbocycles. The summed E-state index contributed by atoms with van der Waals surface area (Å²) in [7, 11) is 0. The molecule has 0 bridgehead atoms. The third-order valence-electron chi connectivity index (χ3n) is 4.27. The third-order valence-corrected chi connectivity index (χ3v) is 4.27. The van der Waals surface area contributed by atoms with Crippen molar-refractivity contribution in [2.45, 2.75) is 6.92 Å². The summed E-state index contributed by atoms with van der Waals surface area (Å²) in [6, 6.07) is 23.4. The van der Waals surface area contributed by atoms with Crippen LogP contribution < -0.4 is 0 Å². The first kappa shape index (κ1) is 14.6. The van der Waals surface area contributed by atoms with Crippen molar-refractivity contribution in [3.8, 4) is 22.4 Å². The number of fused-ring (bicyclic) bond motifs is 1. The molecule has 116 valence electrons. The van der Waals surface area contributed by atoms with E-state index in [1.807, 2.05) is 6.07 Å². The van der Waals surface area contributed by atoms with Gasteiger partial charge in [-0.25, -0.2) is 4.39 Å². The maximum atomic E-state index is 13.2. The van der Waals surface area contributed by atoms with E-state index >= 15 is 0 Å². The highest BCUT2D eigenvalue weighted by molar-refractivity contribution is 5.97. The van der Waals surface area contributed by atoms with Crippen LogP contribution in [-0.2, 0) is 0 Å². The predicted molar refractivity (Wildman–Crippen MR) is 97.3 cm³/mol. The van der Waals surface area contributed by atoms with E-state index in [0.29, 0.717) is 0 Å². The number of aryl methyl sites for hydroxylation is 1. The Balaban J connectivity index is 1.90. The number of nitrogens with zero attached hydrogens (tertiary/aromatic N) is 1. The first-order chi connectivity index (χ1) is 11.7. The van der Waals surface area contributed by atoms with Crippen LogP contribution in [0.3, 0.4) is 0 Å². The molecule has 2 heteroatoms. The van der Waals surface area contributed by atoms with E-state index in [-0.39, 0.29) is 5.82 Å². The number of hydrogen-bond donors (Lipinski definition) is 0. The molecule has 0 N–H and O–H groups in total. The van der Waals surface area contributed by atoms with Crippen molar-refractivity contribution in [2.75, 3.05) is 0 Å². The Morgan fingerprint density at radius 3 is 2.12 bits per heavy atom. The summed E-state index contributed by atoms with van der Waals surface area (Å²) in [5.74, 6) is -0.237. The smallest absolute Gasteiger partial charge is 0.123 e. The Morgan fingerprint density at radius 2 is 1.38 bits per heavy atom. The zero-order valence-electron chi connectivity index (χ0n) is 13.3. The van der Waals surface area contributed by atoms with Gasteiger partial charge in [0.1, 0.15) is 5.82 Å². The van der Waals surface area contributed by atoms with E-state index in [1.54, 1.807) is 18.3 Å². The molecule has 24 heavy (non-hydrogen) atoms. The van der Waals surface area contributed by atoms with Gasteiger partial charge in [0.05, 0.1) is 5.69 Å². The number of halogens is 1. The fraction of sp³-hybridized carbons (Fsp3) is 0.0455. The van der Waals surface area contributed by atoms with Gasteiger partial charge >= 0.3 is 0 Å². The summed E-state index contributed by atoms with van der Waals surface area (Å²) < 4.78 is 13.2. The fourth-order valence-corrected chi connectivity index (χ4v) is 2.93. The minimum atomic E-state index is -0.237. The zero-order valence-corrected chi connectivity index (χ0v) is 13.3. The Labute approximate surface area is 140 Å². The molecule has 1 heterocycles. The van der Waals surface area contributed by atoms with E-state index < -0.39 is 0 Å². The molecule has 0 saturated heterocycles. The van der Waals surface area contributed by atoms with Gasteiger partial charge in [0.15, 0.2) is 0 Å².